The van der Waals surface area contributed by atoms with Crippen molar-refractivity contribution in [2.75, 3.05) is 33.1 Å². The lowest BCUT2D eigenvalue weighted by molar-refractivity contribution is -0.116. The minimum absolute atomic E-state index is 0.00571. The Labute approximate surface area is 169 Å². The van der Waals surface area contributed by atoms with Gasteiger partial charge >= 0.3 is 0 Å². The fourth-order valence-electron chi connectivity index (χ4n) is 2.47. The maximum atomic E-state index is 12.4. The van der Waals surface area contributed by atoms with Gasteiger partial charge in [0.1, 0.15) is 0 Å². The van der Waals surface area contributed by atoms with Gasteiger partial charge in [0.15, 0.2) is 11.5 Å². The van der Waals surface area contributed by atoms with Gasteiger partial charge in [-0.3, -0.25) is 9.59 Å². The Bertz CT molecular complexity index is 991. The van der Waals surface area contributed by atoms with Crippen molar-refractivity contribution in [3.05, 3.63) is 48.0 Å². The van der Waals surface area contributed by atoms with Crippen molar-refractivity contribution in [1.29, 1.82) is 0 Å². The van der Waals surface area contributed by atoms with Crippen LogP contribution in [0.2, 0.25) is 0 Å². The summed E-state index contributed by atoms with van der Waals surface area (Å²) in [5.74, 6) is 0.0202. The van der Waals surface area contributed by atoms with Gasteiger partial charge in [0.25, 0.3) is 5.91 Å². The summed E-state index contributed by atoms with van der Waals surface area (Å²) in [6, 6.07) is 10.6. The fourth-order valence-corrected chi connectivity index (χ4v) is 3.52. The number of amides is 2. The third-order valence-corrected chi connectivity index (χ3v) is 5.40. The number of rotatable bonds is 9. The molecule has 0 spiro atoms. The highest BCUT2D eigenvalue weighted by Gasteiger charge is 2.17. The average molecular weight is 421 g/mol. The van der Waals surface area contributed by atoms with Crippen LogP contribution >= 0.6 is 0 Å². The lowest BCUT2D eigenvalue weighted by atomic mass is 10.2. The maximum Gasteiger partial charge on any atom is 0.251 e. The van der Waals surface area contributed by atoms with Crippen molar-refractivity contribution in [1.82, 2.24) is 10.0 Å². The van der Waals surface area contributed by atoms with Crippen LogP contribution in [-0.4, -0.2) is 48.0 Å². The molecule has 0 aliphatic carbocycles. The number of ether oxygens (including phenoxy) is 2. The van der Waals surface area contributed by atoms with Crippen molar-refractivity contribution >= 4 is 27.5 Å². The normalized spacial score (nSPS) is 10.9. The van der Waals surface area contributed by atoms with Crippen LogP contribution in [0.4, 0.5) is 5.69 Å². The van der Waals surface area contributed by atoms with E-state index in [2.05, 4.69) is 15.4 Å². The molecular formula is C19H23N3O6S. The van der Waals surface area contributed by atoms with Crippen LogP contribution in [-0.2, 0) is 14.8 Å². The molecule has 0 aliphatic heterocycles. The molecule has 0 heterocycles. The van der Waals surface area contributed by atoms with Crippen LogP contribution in [0.3, 0.4) is 0 Å². The van der Waals surface area contributed by atoms with Crippen molar-refractivity contribution < 1.29 is 27.5 Å². The smallest absolute Gasteiger partial charge is 0.251 e. The van der Waals surface area contributed by atoms with Crippen molar-refractivity contribution in [2.24, 2.45) is 0 Å². The molecule has 10 heteroatoms. The second kappa shape index (κ2) is 9.89. The van der Waals surface area contributed by atoms with Gasteiger partial charge in [-0.15, -0.1) is 0 Å². The van der Waals surface area contributed by atoms with E-state index in [0.29, 0.717) is 17.0 Å². The van der Waals surface area contributed by atoms with Crippen molar-refractivity contribution in [3.8, 4) is 11.5 Å². The Balaban J connectivity index is 1.95. The van der Waals surface area contributed by atoms with E-state index in [0.717, 1.165) is 0 Å². The second-order valence-electron chi connectivity index (χ2n) is 5.87. The number of carbonyl (C=O) groups excluding carboxylic acids is 2. The Hall–Kier alpha value is -3.11. The Morgan fingerprint density at radius 2 is 1.72 bits per heavy atom. The highest BCUT2D eigenvalue weighted by molar-refractivity contribution is 7.89. The summed E-state index contributed by atoms with van der Waals surface area (Å²) >= 11 is 0. The number of anilines is 1. The Kier molecular flexibility index (Phi) is 7.57. The van der Waals surface area contributed by atoms with Gasteiger partial charge in [-0.25, -0.2) is 13.1 Å². The summed E-state index contributed by atoms with van der Waals surface area (Å²) in [4.78, 5) is 23.7. The van der Waals surface area contributed by atoms with Crippen LogP contribution in [0.5, 0.6) is 11.5 Å². The van der Waals surface area contributed by atoms with Gasteiger partial charge in [-0.05, 0) is 30.3 Å². The number of hydrogen-bond acceptors (Lipinski definition) is 6. The number of hydrogen-bond donors (Lipinski definition) is 3. The summed E-state index contributed by atoms with van der Waals surface area (Å²) in [5, 5.41) is 5.13. The molecular weight excluding hydrogens is 398 g/mol. The maximum absolute atomic E-state index is 12.4. The third-order valence-electron chi connectivity index (χ3n) is 3.95. The van der Waals surface area contributed by atoms with Crippen LogP contribution in [0.25, 0.3) is 0 Å². The first-order valence-corrected chi connectivity index (χ1v) is 10.1. The number of sulfonamides is 1. The van der Waals surface area contributed by atoms with Crippen LogP contribution in [0.15, 0.2) is 47.4 Å². The third kappa shape index (κ3) is 5.93. The van der Waals surface area contributed by atoms with Gasteiger partial charge in [-0.2, -0.15) is 0 Å². The molecule has 29 heavy (non-hydrogen) atoms. The monoisotopic (exact) mass is 421 g/mol. The molecule has 0 aromatic heterocycles. The molecule has 0 saturated heterocycles. The van der Waals surface area contributed by atoms with E-state index in [1.807, 2.05) is 0 Å². The fraction of sp³-hybridized carbons (Fsp3) is 0.263. The average Bonchev–Trinajstić information content (AvgIpc) is 2.72. The molecule has 0 bridgehead atoms. The number of benzene rings is 2. The minimum atomic E-state index is -3.83. The largest absolute Gasteiger partial charge is 0.493 e. The van der Waals surface area contributed by atoms with Crippen LogP contribution < -0.4 is 24.8 Å². The van der Waals surface area contributed by atoms with Gasteiger partial charge in [0.2, 0.25) is 15.9 Å². The predicted molar refractivity (Wildman–Crippen MR) is 108 cm³/mol. The molecule has 2 amide bonds. The molecule has 2 aromatic rings. The molecule has 9 nitrogen and oxygen atoms in total. The summed E-state index contributed by atoms with van der Waals surface area (Å²) in [7, 11) is 0.545. The zero-order valence-corrected chi connectivity index (χ0v) is 17.1. The number of nitrogens with one attached hydrogen (secondary N) is 3. The van der Waals surface area contributed by atoms with E-state index >= 15 is 0 Å². The topological polar surface area (TPSA) is 123 Å². The first-order valence-electron chi connectivity index (χ1n) is 8.64. The van der Waals surface area contributed by atoms with Gasteiger partial charge in [0.05, 0.1) is 19.1 Å². The number of carbonyl (C=O) groups is 2. The van der Waals surface area contributed by atoms with Gasteiger partial charge < -0.3 is 20.1 Å². The van der Waals surface area contributed by atoms with Gasteiger partial charge in [0, 0.05) is 37.3 Å². The zero-order chi connectivity index (χ0) is 21.4. The van der Waals surface area contributed by atoms with Crippen molar-refractivity contribution in [2.45, 2.75) is 11.3 Å². The first kappa shape index (κ1) is 22.2. The lowest BCUT2D eigenvalue weighted by Crippen LogP contribution is -2.28. The molecule has 0 aliphatic rings. The number of methoxy groups -OCH3 is 2. The molecule has 3 N–H and O–H groups in total. The summed E-state index contributed by atoms with van der Waals surface area (Å²) in [5.41, 5.74) is 0.846. The minimum Gasteiger partial charge on any atom is -0.493 e. The van der Waals surface area contributed by atoms with E-state index in [4.69, 9.17) is 9.47 Å². The molecule has 156 valence electrons. The van der Waals surface area contributed by atoms with E-state index < -0.39 is 15.9 Å². The molecule has 0 radical (unpaired) electrons. The van der Waals surface area contributed by atoms with Crippen LogP contribution in [0, 0.1) is 0 Å². The molecule has 0 fully saturated rings. The highest BCUT2D eigenvalue weighted by atomic mass is 32.2. The van der Waals surface area contributed by atoms with E-state index in [1.54, 1.807) is 18.2 Å². The highest BCUT2D eigenvalue weighted by Crippen LogP contribution is 2.29. The molecule has 2 aromatic carbocycles. The van der Waals surface area contributed by atoms with Crippen LogP contribution in [0.1, 0.15) is 16.8 Å². The zero-order valence-electron chi connectivity index (χ0n) is 16.3. The molecule has 0 saturated carbocycles. The second-order valence-corrected chi connectivity index (χ2v) is 7.64. The predicted octanol–water partition coefficient (Wildman–Crippen LogP) is 1.37. The van der Waals surface area contributed by atoms with E-state index in [9.17, 15) is 18.0 Å². The quantitative estimate of drug-likeness (QED) is 0.562. The Morgan fingerprint density at radius 3 is 2.38 bits per heavy atom. The Morgan fingerprint density at radius 1 is 1.00 bits per heavy atom. The first-order chi connectivity index (χ1) is 13.8. The molecule has 0 unspecified atom stereocenters. The summed E-state index contributed by atoms with van der Waals surface area (Å²) in [6.45, 7) is -0.0996. The SMILES string of the molecule is CNC(=O)c1cccc(NC(=O)CCNS(=O)(=O)c2ccc(OC)c(OC)c2)c1. The summed E-state index contributed by atoms with van der Waals surface area (Å²) in [6.07, 6.45) is -0.0866. The van der Waals surface area contributed by atoms with Crippen molar-refractivity contribution in [3.63, 3.8) is 0 Å². The molecule has 2 rings (SSSR count). The van der Waals surface area contributed by atoms with E-state index in [1.165, 1.54) is 45.5 Å². The van der Waals surface area contributed by atoms with Gasteiger partial charge in [-0.1, -0.05) is 6.07 Å². The molecule has 0 atom stereocenters. The standard InChI is InChI=1S/C19H23N3O6S/c1-20-19(24)13-5-4-6-14(11-13)22-18(23)9-10-21-29(25,26)15-7-8-16(27-2)17(12-15)28-3/h4-8,11-12,21H,9-10H2,1-3H3,(H,20,24)(H,22,23). The summed E-state index contributed by atoms with van der Waals surface area (Å²) < 4.78 is 37.4. The lowest BCUT2D eigenvalue weighted by Gasteiger charge is -2.11. The van der Waals surface area contributed by atoms with E-state index in [-0.39, 0.29) is 29.5 Å².